The summed E-state index contributed by atoms with van der Waals surface area (Å²) in [5.41, 5.74) is 1.95. The molecule has 35 heavy (non-hydrogen) atoms. The van der Waals surface area contributed by atoms with E-state index in [4.69, 9.17) is 9.47 Å². The Balaban J connectivity index is 1.30. The first-order valence-electron chi connectivity index (χ1n) is 12.2. The summed E-state index contributed by atoms with van der Waals surface area (Å²) in [5, 5.41) is 2.92. The van der Waals surface area contributed by atoms with Crippen LogP contribution in [0, 0.1) is 0 Å². The van der Waals surface area contributed by atoms with E-state index in [0.717, 1.165) is 29.7 Å². The van der Waals surface area contributed by atoms with Gasteiger partial charge in [0.15, 0.2) is 5.78 Å². The number of carbonyl (C=O) groups is 3. The van der Waals surface area contributed by atoms with E-state index in [1.165, 1.54) is 0 Å². The zero-order valence-corrected chi connectivity index (χ0v) is 20.2. The van der Waals surface area contributed by atoms with Crippen molar-refractivity contribution in [2.45, 2.75) is 50.9 Å². The minimum absolute atomic E-state index is 0.0277. The van der Waals surface area contributed by atoms with Crippen LogP contribution in [0.4, 0.5) is 4.79 Å². The van der Waals surface area contributed by atoms with Gasteiger partial charge in [-0.1, -0.05) is 42.5 Å². The molecular formula is C27H33N3O5. The van der Waals surface area contributed by atoms with Crippen molar-refractivity contribution in [1.82, 2.24) is 15.1 Å². The van der Waals surface area contributed by atoms with Crippen molar-refractivity contribution >= 4 is 17.7 Å². The number of urea groups is 1. The van der Waals surface area contributed by atoms with E-state index in [0.29, 0.717) is 39.1 Å². The quantitative estimate of drug-likeness (QED) is 0.597. The van der Waals surface area contributed by atoms with Gasteiger partial charge in [0.2, 0.25) is 5.91 Å². The van der Waals surface area contributed by atoms with Crippen molar-refractivity contribution in [2.24, 2.45) is 0 Å². The number of hydrogen-bond donors (Lipinski definition) is 1. The topological polar surface area (TPSA) is 88.2 Å². The van der Waals surface area contributed by atoms with Gasteiger partial charge >= 0.3 is 6.03 Å². The molecule has 0 spiro atoms. The number of amides is 3. The van der Waals surface area contributed by atoms with Crippen LogP contribution in [0.1, 0.15) is 36.8 Å². The van der Waals surface area contributed by atoms with Gasteiger partial charge in [-0.25, -0.2) is 4.79 Å². The van der Waals surface area contributed by atoms with Crippen molar-refractivity contribution in [3.8, 4) is 5.75 Å². The van der Waals surface area contributed by atoms with E-state index in [1.54, 1.807) is 16.9 Å². The van der Waals surface area contributed by atoms with Crippen molar-refractivity contribution in [3.05, 3.63) is 65.7 Å². The SMILES string of the molecule is COc1ccc(CNC(=O)N2CCC[C@H]2C(=O)N2CCC[C@H]2C(=O)COCc2ccccc2)cc1. The summed E-state index contributed by atoms with van der Waals surface area (Å²) in [7, 11) is 1.61. The second-order valence-electron chi connectivity index (χ2n) is 8.99. The molecule has 2 saturated heterocycles. The summed E-state index contributed by atoms with van der Waals surface area (Å²) in [5.74, 6) is 0.534. The summed E-state index contributed by atoms with van der Waals surface area (Å²) < 4.78 is 10.8. The van der Waals surface area contributed by atoms with Gasteiger partial charge in [0.25, 0.3) is 0 Å². The predicted octanol–water partition coefficient (Wildman–Crippen LogP) is 3.15. The summed E-state index contributed by atoms with van der Waals surface area (Å²) in [6.07, 6.45) is 2.78. The number of ketones is 1. The Labute approximate surface area is 206 Å². The number of hydrogen-bond acceptors (Lipinski definition) is 5. The molecule has 2 aromatic rings. The van der Waals surface area contributed by atoms with E-state index in [-0.39, 0.29) is 24.3 Å². The Morgan fingerprint density at radius 1 is 0.886 bits per heavy atom. The van der Waals surface area contributed by atoms with Crippen molar-refractivity contribution in [2.75, 3.05) is 26.8 Å². The Hall–Kier alpha value is -3.39. The van der Waals surface area contributed by atoms with Gasteiger partial charge in [-0.2, -0.15) is 0 Å². The van der Waals surface area contributed by atoms with Gasteiger partial charge in [0, 0.05) is 19.6 Å². The molecule has 0 unspecified atom stereocenters. The highest BCUT2D eigenvalue weighted by Crippen LogP contribution is 2.25. The van der Waals surface area contributed by atoms with Crippen LogP contribution in [0.3, 0.4) is 0 Å². The van der Waals surface area contributed by atoms with Crippen LogP contribution in [-0.2, 0) is 27.5 Å². The monoisotopic (exact) mass is 479 g/mol. The zero-order chi connectivity index (χ0) is 24.6. The number of ether oxygens (including phenoxy) is 2. The molecule has 4 rings (SSSR count). The van der Waals surface area contributed by atoms with E-state index in [2.05, 4.69) is 5.32 Å². The maximum absolute atomic E-state index is 13.4. The van der Waals surface area contributed by atoms with E-state index < -0.39 is 12.1 Å². The standard InChI is InChI=1S/C27H33N3O5/c1-34-22-13-11-20(12-14-22)17-28-27(33)30-16-6-10-24(30)26(32)29-15-5-9-23(29)25(31)19-35-18-21-7-3-2-4-8-21/h2-4,7-8,11-14,23-24H,5-6,9-10,15-19H2,1H3,(H,28,33)/t23-,24-/m0/s1. The fourth-order valence-corrected chi connectivity index (χ4v) is 4.79. The van der Waals surface area contributed by atoms with Crippen LogP contribution in [0.2, 0.25) is 0 Å². The summed E-state index contributed by atoms with van der Waals surface area (Å²) in [6, 6.07) is 15.9. The molecule has 0 aliphatic carbocycles. The number of Topliss-reactive ketones (excluding diaryl/α,β-unsaturated/α-hetero) is 1. The lowest BCUT2D eigenvalue weighted by atomic mass is 10.1. The molecule has 3 amide bonds. The maximum atomic E-state index is 13.4. The molecule has 0 aromatic heterocycles. The number of likely N-dealkylation sites (tertiary alicyclic amines) is 2. The molecule has 2 heterocycles. The van der Waals surface area contributed by atoms with Crippen LogP contribution < -0.4 is 10.1 Å². The van der Waals surface area contributed by atoms with Gasteiger partial charge in [-0.05, 0) is 48.9 Å². The van der Waals surface area contributed by atoms with Crippen LogP contribution in [0.15, 0.2) is 54.6 Å². The lowest BCUT2D eigenvalue weighted by molar-refractivity contribution is -0.142. The van der Waals surface area contributed by atoms with Gasteiger partial charge in [0.05, 0.1) is 19.8 Å². The molecule has 8 heteroatoms. The average Bonchev–Trinajstić information content (AvgIpc) is 3.58. The van der Waals surface area contributed by atoms with Crippen LogP contribution >= 0.6 is 0 Å². The second-order valence-corrected chi connectivity index (χ2v) is 8.99. The van der Waals surface area contributed by atoms with Crippen molar-refractivity contribution in [1.29, 1.82) is 0 Å². The summed E-state index contributed by atoms with van der Waals surface area (Å²) in [4.78, 5) is 42.4. The van der Waals surface area contributed by atoms with Gasteiger partial charge in [0.1, 0.15) is 18.4 Å². The molecule has 1 N–H and O–H groups in total. The summed E-state index contributed by atoms with van der Waals surface area (Å²) >= 11 is 0. The molecule has 8 nitrogen and oxygen atoms in total. The third-order valence-electron chi connectivity index (χ3n) is 6.66. The average molecular weight is 480 g/mol. The van der Waals surface area contributed by atoms with Crippen LogP contribution in [-0.4, -0.2) is 66.4 Å². The Morgan fingerprint density at radius 3 is 2.29 bits per heavy atom. The fraction of sp³-hybridized carbons (Fsp3) is 0.444. The number of rotatable bonds is 9. The molecule has 0 saturated carbocycles. The predicted molar refractivity (Wildman–Crippen MR) is 131 cm³/mol. The van der Waals surface area contributed by atoms with E-state index >= 15 is 0 Å². The first-order valence-corrected chi connectivity index (χ1v) is 12.2. The van der Waals surface area contributed by atoms with Crippen molar-refractivity contribution < 1.29 is 23.9 Å². The lowest BCUT2D eigenvalue weighted by Gasteiger charge is -2.31. The molecule has 186 valence electrons. The Kier molecular flexibility index (Phi) is 8.36. The Morgan fingerprint density at radius 2 is 1.57 bits per heavy atom. The van der Waals surface area contributed by atoms with Crippen LogP contribution in [0.5, 0.6) is 5.75 Å². The number of carbonyl (C=O) groups excluding carboxylic acids is 3. The van der Waals surface area contributed by atoms with Crippen molar-refractivity contribution in [3.63, 3.8) is 0 Å². The molecule has 2 aliphatic heterocycles. The fourth-order valence-electron chi connectivity index (χ4n) is 4.79. The smallest absolute Gasteiger partial charge is 0.318 e. The molecule has 2 fully saturated rings. The highest BCUT2D eigenvalue weighted by atomic mass is 16.5. The maximum Gasteiger partial charge on any atom is 0.318 e. The Bertz CT molecular complexity index is 1010. The number of nitrogens with one attached hydrogen (secondary N) is 1. The molecule has 0 radical (unpaired) electrons. The van der Waals surface area contributed by atoms with Crippen LogP contribution in [0.25, 0.3) is 0 Å². The minimum atomic E-state index is -0.537. The molecule has 2 aromatic carbocycles. The normalized spacial score (nSPS) is 19.6. The number of benzene rings is 2. The zero-order valence-electron chi connectivity index (χ0n) is 20.2. The molecule has 2 aliphatic rings. The second kappa shape index (κ2) is 11.8. The van der Waals surface area contributed by atoms with E-state index in [9.17, 15) is 14.4 Å². The van der Waals surface area contributed by atoms with Gasteiger partial charge in [-0.3, -0.25) is 9.59 Å². The largest absolute Gasteiger partial charge is 0.497 e. The van der Waals surface area contributed by atoms with Gasteiger partial charge in [-0.15, -0.1) is 0 Å². The third kappa shape index (κ3) is 6.19. The first kappa shape index (κ1) is 24.7. The highest BCUT2D eigenvalue weighted by molar-refractivity contribution is 5.93. The lowest BCUT2D eigenvalue weighted by Crippen LogP contribution is -2.53. The summed E-state index contributed by atoms with van der Waals surface area (Å²) in [6.45, 7) is 1.76. The van der Waals surface area contributed by atoms with E-state index in [1.807, 2.05) is 54.6 Å². The number of methoxy groups -OCH3 is 1. The molecule has 0 bridgehead atoms. The molecule has 2 atom stereocenters. The van der Waals surface area contributed by atoms with Gasteiger partial charge < -0.3 is 24.6 Å². The molecular weight excluding hydrogens is 446 g/mol. The number of nitrogens with zero attached hydrogens (tertiary/aromatic N) is 2. The first-order chi connectivity index (χ1) is 17.1. The minimum Gasteiger partial charge on any atom is -0.497 e. The third-order valence-corrected chi connectivity index (χ3v) is 6.66. The highest BCUT2D eigenvalue weighted by Gasteiger charge is 2.41.